The van der Waals surface area contributed by atoms with Crippen LogP contribution in [0.4, 0.5) is 0 Å². The third-order valence-corrected chi connectivity index (χ3v) is 4.00. The number of ketones is 1. The first-order valence-electron chi connectivity index (χ1n) is 6.87. The number of aryl methyl sites for hydroxylation is 1. The van der Waals surface area contributed by atoms with Gasteiger partial charge in [0.1, 0.15) is 0 Å². The van der Waals surface area contributed by atoms with Gasteiger partial charge >= 0.3 is 0 Å². The number of fused-ring (bicyclic) bond motifs is 1. The Morgan fingerprint density at radius 2 is 1.74 bits per heavy atom. The molecule has 0 unspecified atom stereocenters. The van der Waals surface area contributed by atoms with Crippen LogP contribution in [-0.4, -0.2) is 19.0 Å². The van der Waals surface area contributed by atoms with Crippen molar-refractivity contribution in [1.82, 2.24) is 0 Å². The van der Waals surface area contributed by atoms with Crippen molar-refractivity contribution in [2.45, 2.75) is 19.8 Å². The summed E-state index contributed by atoms with van der Waals surface area (Å²) in [5.74, 6) is 0.402. The zero-order chi connectivity index (χ0) is 13.2. The monoisotopic (exact) mass is 254 g/mol. The molecule has 0 N–H and O–H groups in total. The predicted octanol–water partition coefficient (Wildman–Crippen LogP) is 3.76. The Kier molecular flexibility index (Phi) is 3.34. The highest BCUT2D eigenvalue weighted by molar-refractivity contribution is 6.09. The second-order valence-corrected chi connectivity index (χ2v) is 5.23. The minimum absolute atomic E-state index is 0.125. The van der Waals surface area contributed by atoms with Gasteiger partial charge in [0.05, 0.1) is 0 Å². The SMILES string of the molecule is Cc1ccc(C(=O)C2CCOCC2)c2ccccc12. The van der Waals surface area contributed by atoms with Gasteiger partial charge in [-0.05, 0) is 36.1 Å². The normalized spacial score (nSPS) is 16.7. The van der Waals surface area contributed by atoms with Crippen molar-refractivity contribution in [2.24, 2.45) is 5.92 Å². The fourth-order valence-electron chi connectivity index (χ4n) is 2.84. The standard InChI is InChI=1S/C17H18O2/c1-12-6-7-16(15-5-3-2-4-14(12)15)17(18)13-8-10-19-11-9-13/h2-7,13H,8-11H2,1H3. The quantitative estimate of drug-likeness (QED) is 0.763. The summed E-state index contributed by atoms with van der Waals surface area (Å²) in [6.07, 6.45) is 1.70. The maximum atomic E-state index is 12.7. The van der Waals surface area contributed by atoms with Crippen LogP contribution in [0.2, 0.25) is 0 Å². The number of carbonyl (C=O) groups is 1. The zero-order valence-corrected chi connectivity index (χ0v) is 11.2. The van der Waals surface area contributed by atoms with E-state index in [1.807, 2.05) is 18.2 Å². The molecule has 2 aromatic carbocycles. The van der Waals surface area contributed by atoms with E-state index in [2.05, 4.69) is 25.1 Å². The third-order valence-electron chi connectivity index (χ3n) is 4.00. The molecule has 19 heavy (non-hydrogen) atoms. The minimum Gasteiger partial charge on any atom is -0.381 e. The van der Waals surface area contributed by atoms with Crippen LogP contribution >= 0.6 is 0 Å². The van der Waals surface area contributed by atoms with Gasteiger partial charge in [0.15, 0.2) is 5.78 Å². The van der Waals surface area contributed by atoms with Crippen LogP contribution in [0.25, 0.3) is 10.8 Å². The van der Waals surface area contributed by atoms with E-state index < -0.39 is 0 Å². The Balaban J connectivity index is 2.05. The van der Waals surface area contributed by atoms with Crippen molar-refractivity contribution >= 4 is 16.6 Å². The first kappa shape index (κ1) is 12.4. The number of rotatable bonds is 2. The van der Waals surface area contributed by atoms with Crippen molar-refractivity contribution < 1.29 is 9.53 Å². The van der Waals surface area contributed by atoms with Crippen LogP contribution < -0.4 is 0 Å². The highest BCUT2D eigenvalue weighted by Crippen LogP contribution is 2.27. The first-order valence-corrected chi connectivity index (χ1v) is 6.87. The topological polar surface area (TPSA) is 26.3 Å². The average Bonchev–Trinajstić information content (AvgIpc) is 2.48. The van der Waals surface area contributed by atoms with Crippen LogP contribution in [-0.2, 0) is 4.74 Å². The van der Waals surface area contributed by atoms with Crippen LogP contribution in [0.15, 0.2) is 36.4 Å². The molecule has 98 valence electrons. The molecular formula is C17H18O2. The van der Waals surface area contributed by atoms with Gasteiger partial charge in [-0.25, -0.2) is 0 Å². The Hall–Kier alpha value is -1.67. The molecule has 0 amide bonds. The second kappa shape index (κ2) is 5.14. The van der Waals surface area contributed by atoms with Crippen molar-refractivity contribution in [1.29, 1.82) is 0 Å². The van der Waals surface area contributed by atoms with E-state index in [0.717, 1.165) is 23.8 Å². The lowest BCUT2D eigenvalue weighted by Gasteiger charge is -2.21. The molecule has 1 heterocycles. The zero-order valence-electron chi connectivity index (χ0n) is 11.2. The second-order valence-electron chi connectivity index (χ2n) is 5.23. The smallest absolute Gasteiger partial charge is 0.166 e. The van der Waals surface area contributed by atoms with Crippen LogP contribution in [0.3, 0.4) is 0 Å². The molecule has 1 saturated heterocycles. The average molecular weight is 254 g/mol. The molecule has 0 atom stereocenters. The van der Waals surface area contributed by atoms with Crippen LogP contribution in [0, 0.1) is 12.8 Å². The Labute approximate surface area is 113 Å². The Bertz CT molecular complexity index is 610. The van der Waals surface area contributed by atoms with Gasteiger partial charge in [-0.15, -0.1) is 0 Å². The van der Waals surface area contributed by atoms with Crippen LogP contribution in [0.1, 0.15) is 28.8 Å². The number of benzene rings is 2. The van der Waals surface area contributed by atoms with Gasteiger partial charge in [-0.1, -0.05) is 36.4 Å². The molecule has 2 nitrogen and oxygen atoms in total. The molecule has 1 fully saturated rings. The molecule has 2 heteroatoms. The molecule has 2 aromatic rings. The fourth-order valence-corrected chi connectivity index (χ4v) is 2.84. The summed E-state index contributed by atoms with van der Waals surface area (Å²) in [6, 6.07) is 12.2. The van der Waals surface area contributed by atoms with Gasteiger partial charge < -0.3 is 4.74 Å². The molecule has 1 aliphatic rings. The molecule has 1 aliphatic heterocycles. The summed E-state index contributed by atoms with van der Waals surface area (Å²) in [5, 5.41) is 2.26. The molecule has 0 aliphatic carbocycles. The fraction of sp³-hybridized carbons (Fsp3) is 0.353. The summed E-state index contributed by atoms with van der Waals surface area (Å²) in [4.78, 5) is 12.7. The van der Waals surface area contributed by atoms with E-state index in [1.165, 1.54) is 10.9 Å². The summed E-state index contributed by atoms with van der Waals surface area (Å²) >= 11 is 0. The predicted molar refractivity (Wildman–Crippen MR) is 76.6 cm³/mol. The van der Waals surface area contributed by atoms with Crippen molar-refractivity contribution in [3.05, 3.63) is 47.5 Å². The van der Waals surface area contributed by atoms with E-state index in [1.54, 1.807) is 0 Å². The number of carbonyl (C=O) groups excluding carboxylic acids is 1. The summed E-state index contributed by atoms with van der Waals surface area (Å²) in [5.41, 5.74) is 2.09. The molecule has 3 rings (SSSR count). The lowest BCUT2D eigenvalue weighted by molar-refractivity contribution is 0.0546. The van der Waals surface area contributed by atoms with Gasteiger partial charge in [-0.2, -0.15) is 0 Å². The lowest BCUT2D eigenvalue weighted by atomic mass is 9.88. The maximum Gasteiger partial charge on any atom is 0.166 e. The number of ether oxygens (including phenoxy) is 1. The molecule has 0 aromatic heterocycles. The molecular weight excluding hydrogens is 236 g/mol. The van der Waals surface area contributed by atoms with Gasteiger partial charge in [0.25, 0.3) is 0 Å². The number of Topliss-reactive ketones (excluding diaryl/α,β-unsaturated/α-hetero) is 1. The van der Waals surface area contributed by atoms with Crippen molar-refractivity contribution in [3.63, 3.8) is 0 Å². The first-order chi connectivity index (χ1) is 9.27. The molecule has 0 radical (unpaired) electrons. The highest BCUT2D eigenvalue weighted by Gasteiger charge is 2.24. The molecule has 0 bridgehead atoms. The van der Waals surface area contributed by atoms with E-state index in [9.17, 15) is 4.79 Å². The number of hydrogen-bond donors (Lipinski definition) is 0. The Morgan fingerprint density at radius 3 is 2.47 bits per heavy atom. The molecule has 0 saturated carbocycles. The van der Waals surface area contributed by atoms with Crippen molar-refractivity contribution in [3.8, 4) is 0 Å². The van der Waals surface area contributed by atoms with Gasteiger partial charge in [0.2, 0.25) is 0 Å². The Morgan fingerprint density at radius 1 is 1.05 bits per heavy atom. The van der Waals surface area contributed by atoms with E-state index >= 15 is 0 Å². The largest absolute Gasteiger partial charge is 0.381 e. The number of hydrogen-bond acceptors (Lipinski definition) is 2. The van der Waals surface area contributed by atoms with Gasteiger partial charge in [0, 0.05) is 24.7 Å². The van der Waals surface area contributed by atoms with E-state index in [0.29, 0.717) is 13.2 Å². The van der Waals surface area contributed by atoms with Gasteiger partial charge in [-0.3, -0.25) is 4.79 Å². The summed E-state index contributed by atoms with van der Waals surface area (Å²) in [7, 11) is 0. The van der Waals surface area contributed by atoms with E-state index in [-0.39, 0.29) is 11.7 Å². The molecule has 0 spiro atoms. The van der Waals surface area contributed by atoms with Crippen molar-refractivity contribution in [2.75, 3.05) is 13.2 Å². The minimum atomic E-state index is 0.125. The highest BCUT2D eigenvalue weighted by atomic mass is 16.5. The summed E-state index contributed by atoms with van der Waals surface area (Å²) < 4.78 is 5.34. The van der Waals surface area contributed by atoms with Crippen LogP contribution in [0.5, 0.6) is 0 Å². The maximum absolute atomic E-state index is 12.7. The third kappa shape index (κ3) is 2.28. The summed E-state index contributed by atoms with van der Waals surface area (Å²) in [6.45, 7) is 3.51. The lowest BCUT2D eigenvalue weighted by Crippen LogP contribution is -2.23. The van der Waals surface area contributed by atoms with E-state index in [4.69, 9.17) is 4.74 Å².